The van der Waals surface area contributed by atoms with E-state index in [9.17, 15) is 0 Å². The van der Waals surface area contributed by atoms with Crippen LogP contribution in [0.5, 0.6) is 0 Å². The minimum absolute atomic E-state index is 0.489. The summed E-state index contributed by atoms with van der Waals surface area (Å²) < 4.78 is 0. The fourth-order valence-corrected chi connectivity index (χ4v) is 0.634. The summed E-state index contributed by atoms with van der Waals surface area (Å²) in [6, 6.07) is 2.01. The van der Waals surface area contributed by atoms with Gasteiger partial charge in [0.25, 0.3) is 0 Å². The van der Waals surface area contributed by atoms with Crippen LogP contribution in [0.2, 0.25) is 6.82 Å². The topological polar surface area (TPSA) is 36.1 Å². The molecule has 0 spiro atoms. The molecule has 0 radical (unpaired) electrons. The number of hydrogen-bond donors (Lipinski definition) is 0. The molecule has 0 aromatic rings. The number of aliphatic imine (C=N–C) groups is 1. The minimum atomic E-state index is 0.489. The summed E-state index contributed by atoms with van der Waals surface area (Å²) in [5, 5.41) is 8.55. The first-order valence-electron chi connectivity index (χ1n) is 3.43. The molecule has 0 saturated carbocycles. The van der Waals surface area contributed by atoms with Crippen LogP contribution in [-0.4, -0.2) is 25.6 Å². The van der Waals surface area contributed by atoms with E-state index in [1.165, 1.54) is 0 Å². The molecule has 2 nitrogen and oxygen atoms in total. The van der Waals surface area contributed by atoms with Crippen molar-refractivity contribution in [3.05, 3.63) is 11.6 Å². The summed E-state index contributed by atoms with van der Waals surface area (Å²) in [5.74, 6) is 1.89. The van der Waals surface area contributed by atoms with Crippen molar-refractivity contribution in [3.8, 4) is 6.07 Å². The average Bonchev–Trinajstić information content (AvgIpc) is 2.03. The van der Waals surface area contributed by atoms with Crippen LogP contribution in [-0.2, 0) is 0 Å². The third kappa shape index (κ3) is 3.52. The van der Waals surface area contributed by atoms with Gasteiger partial charge in [0.2, 0.25) is 0 Å². The van der Waals surface area contributed by atoms with Crippen LogP contribution >= 0.6 is 0 Å². The SMILES string of the molecule is CB=C/C=C(/C)C(C#N)=NC. The maximum atomic E-state index is 8.55. The number of allylic oxidation sites excluding steroid dienone is 2. The molecule has 0 amide bonds. The van der Waals surface area contributed by atoms with Crippen LogP contribution in [0.3, 0.4) is 0 Å². The van der Waals surface area contributed by atoms with Crippen molar-refractivity contribution in [2.75, 3.05) is 7.05 Å². The van der Waals surface area contributed by atoms with Crippen molar-refractivity contribution >= 4 is 18.6 Å². The van der Waals surface area contributed by atoms with E-state index in [0.29, 0.717) is 5.71 Å². The zero-order chi connectivity index (χ0) is 8.69. The molecule has 0 saturated heterocycles. The maximum absolute atomic E-state index is 8.55. The van der Waals surface area contributed by atoms with Gasteiger partial charge in [0.1, 0.15) is 0 Å². The summed E-state index contributed by atoms with van der Waals surface area (Å²) in [5.41, 5.74) is 1.39. The van der Waals surface area contributed by atoms with Gasteiger partial charge in [-0.3, -0.25) is 0 Å². The van der Waals surface area contributed by atoms with Crippen LogP contribution in [0.15, 0.2) is 16.6 Å². The van der Waals surface area contributed by atoms with E-state index in [4.69, 9.17) is 5.26 Å². The first kappa shape index (κ1) is 9.83. The molecule has 0 aliphatic carbocycles. The second-order valence-corrected chi connectivity index (χ2v) is 2.06. The number of hydrogen-bond acceptors (Lipinski definition) is 2. The summed E-state index contributed by atoms with van der Waals surface area (Å²) in [6.45, 7) is 5.71. The Kier molecular flexibility index (Phi) is 5.01. The molecule has 0 aromatic heterocycles. The Hall–Kier alpha value is -1.17. The van der Waals surface area contributed by atoms with Gasteiger partial charge in [-0.15, -0.1) is 0 Å². The van der Waals surface area contributed by atoms with Gasteiger partial charge in [-0.2, -0.15) is 0 Å². The van der Waals surface area contributed by atoms with Crippen molar-refractivity contribution in [1.82, 2.24) is 0 Å². The molecule has 0 rings (SSSR count). The van der Waals surface area contributed by atoms with Gasteiger partial charge in [0, 0.05) is 0 Å². The van der Waals surface area contributed by atoms with Gasteiger partial charge < -0.3 is 0 Å². The summed E-state index contributed by atoms with van der Waals surface area (Å²) in [4.78, 5) is 3.81. The molecule has 0 aromatic carbocycles. The Morgan fingerprint density at radius 1 is 1.64 bits per heavy atom. The van der Waals surface area contributed by atoms with Gasteiger partial charge in [-0.25, -0.2) is 0 Å². The fourth-order valence-electron chi connectivity index (χ4n) is 0.634. The normalized spacial score (nSPS) is 12.9. The molecule has 0 aliphatic heterocycles. The quantitative estimate of drug-likeness (QED) is 0.424. The van der Waals surface area contributed by atoms with E-state index >= 15 is 0 Å². The third-order valence-corrected chi connectivity index (χ3v) is 1.24. The monoisotopic (exact) mass is 146 g/mol. The molecule has 0 fully saturated rings. The van der Waals surface area contributed by atoms with Crippen LogP contribution in [0, 0.1) is 11.3 Å². The number of nitrogens with zero attached hydrogens (tertiary/aromatic N) is 2. The van der Waals surface area contributed by atoms with Crippen LogP contribution in [0.4, 0.5) is 0 Å². The molecular formula is C8H11BN2. The van der Waals surface area contributed by atoms with E-state index in [-0.39, 0.29) is 0 Å². The molecule has 0 unspecified atom stereocenters. The molecule has 56 valence electrons. The van der Waals surface area contributed by atoms with E-state index in [1.54, 1.807) is 7.05 Å². The van der Waals surface area contributed by atoms with E-state index in [0.717, 1.165) is 5.57 Å². The van der Waals surface area contributed by atoms with Gasteiger partial charge in [0.05, 0.1) is 0 Å². The van der Waals surface area contributed by atoms with Gasteiger partial charge in [-0.1, -0.05) is 0 Å². The Morgan fingerprint density at radius 2 is 2.27 bits per heavy atom. The van der Waals surface area contributed by atoms with Crippen molar-refractivity contribution in [2.45, 2.75) is 13.7 Å². The van der Waals surface area contributed by atoms with E-state index in [2.05, 4.69) is 4.99 Å². The van der Waals surface area contributed by atoms with Crippen LogP contribution in [0.1, 0.15) is 6.92 Å². The van der Waals surface area contributed by atoms with Crippen molar-refractivity contribution in [3.63, 3.8) is 0 Å². The van der Waals surface area contributed by atoms with Crippen LogP contribution < -0.4 is 0 Å². The first-order valence-corrected chi connectivity index (χ1v) is 3.43. The zero-order valence-corrected chi connectivity index (χ0v) is 7.13. The molecular weight excluding hydrogens is 135 g/mol. The third-order valence-electron chi connectivity index (χ3n) is 1.24. The number of nitriles is 1. The Bertz CT molecular complexity index is 243. The summed E-state index contributed by atoms with van der Waals surface area (Å²) >= 11 is 0. The average molecular weight is 146 g/mol. The molecule has 11 heavy (non-hydrogen) atoms. The predicted octanol–water partition coefficient (Wildman–Crippen LogP) is 1.08. The number of rotatable bonds is 2. The molecule has 0 bridgehead atoms. The second-order valence-electron chi connectivity index (χ2n) is 2.06. The summed E-state index contributed by atoms with van der Waals surface area (Å²) in [7, 11) is 1.62. The predicted molar refractivity (Wildman–Crippen MR) is 50.4 cm³/mol. The summed E-state index contributed by atoms with van der Waals surface area (Å²) in [6.07, 6.45) is 1.87. The zero-order valence-electron chi connectivity index (χ0n) is 7.13. The second kappa shape index (κ2) is 5.61. The van der Waals surface area contributed by atoms with E-state index < -0.39 is 0 Å². The molecule has 0 N–H and O–H groups in total. The molecule has 0 atom stereocenters. The van der Waals surface area contributed by atoms with Crippen molar-refractivity contribution in [1.29, 1.82) is 5.26 Å². The van der Waals surface area contributed by atoms with Gasteiger partial charge in [0.15, 0.2) is 0 Å². The van der Waals surface area contributed by atoms with Crippen molar-refractivity contribution < 1.29 is 0 Å². The van der Waals surface area contributed by atoms with Gasteiger partial charge >= 0.3 is 67.4 Å². The standard InChI is InChI=1S/C8H11BN2/c1-7(4-5-9-2)8(6-10)11-3/h4-5H,1-3H3/b7-4-,11-8?. The molecule has 3 heteroatoms. The van der Waals surface area contributed by atoms with Crippen LogP contribution in [0.25, 0.3) is 0 Å². The first-order chi connectivity index (χ1) is 5.26. The Balaban J connectivity index is 4.49. The van der Waals surface area contributed by atoms with Gasteiger partial charge in [-0.05, 0) is 0 Å². The molecule has 0 aliphatic rings. The fraction of sp³-hybridized carbons (Fsp3) is 0.375. The van der Waals surface area contributed by atoms with Crippen molar-refractivity contribution in [2.24, 2.45) is 4.99 Å². The van der Waals surface area contributed by atoms with E-state index in [1.807, 2.05) is 38.8 Å². The molecule has 0 heterocycles. The Labute approximate surface area is 68.2 Å². The Morgan fingerprint density at radius 3 is 2.64 bits per heavy atom.